The summed E-state index contributed by atoms with van der Waals surface area (Å²) in [6, 6.07) is 7.86. The minimum absolute atomic E-state index is 0.557. The molecule has 17 heavy (non-hydrogen) atoms. The number of ether oxygens (including phenoxy) is 1. The van der Waals surface area contributed by atoms with Crippen molar-refractivity contribution in [2.75, 3.05) is 20.2 Å². The largest absolute Gasteiger partial charge is 0.496 e. The van der Waals surface area contributed by atoms with Crippen molar-refractivity contribution in [3.8, 4) is 5.75 Å². The van der Waals surface area contributed by atoms with Gasteiger partial charge in [0, 0.05) is 12.6 Å². The van der Waals surface area contributed by atoms with E-state index in [1.807, 2.05) is 24.3 Å². The van der Waals surface area contributed by atoms with Crippen LogP contribution in [-0.2, 0) is 11.2 Å². The summed E-state index contributed by atoms with van der Waals surface area (Å²) in [5, 5.41) is 11.5. The van der Waals surface area contributed by atoms with Crippen LogP contribution in [0.3, 0.4) is 0 Å². The van der Waals surface area contributed by atoms with Crippen LogP contribution in [0.2, 0.25) is 0 Å². The maximum Gasteiger partial charge on any atom is 0.328 e. The van der Waals surface area contributed by atoms with Crippen molar-refractivity contribution in [1.82, 2.24) is 5.32 Å². The van der Waals surface area contributed by atoms with Crippen LogP contribution in [0.4, 0.5) is 0 Å². The average Bonchev–Trinajstić information content (AvgIpc) is 2.33. The molecule has 0 amide bonds. The highest BCUT2D eigenvalue weighted by Crippen LogP contribution is 2.16. The number of nitrogens with one attached hydrogen (secondary N) is 1. The minimum atomic E-state index is -0.920. The van der Waals surface area contributed by atoms with Gasteiger partial charge in [-0.3, -0.25) is 0 Å². The Morgan fingerprint density at radius 1 is 1.47 bits per heavy atom. The molecule has 0 spiro atoms. The van der Waals surface area contributed by atoms with E-state index in [9.17, 15) is 4.79 Å². The highest BCUT2D eigenvalue weighted by Gasteiger charge is 1.99. The zero-order valence-corrected chi connectivity index (χ0v) is 9.85. The standard InChI is InChI=1S/C13H17NO3/c1-17-12-6-3-2-5-11(12)8-10-14-9-4-7-13(15)16/h2-7,14H,8-10H2,1H3,(H,15,16)/b7-4+. The Bertz CT molecular complexity index is 388. The van der Waals surface area contributed by atoms with Gasteiger partial charge in [0.2, 0.25) is 0 Å². The summed E-state index contributed by atoms with van der Waals surface area (Å²) < 4.78 is 5.24. The molecule has 4 nitrogen and oxygen atoms in total. The molecule has 0 saturated carbocycles. The van der Waals surface area contributed by atoms with Crippen LogP contribution in [0.1, 0.15) is 5.56 Å². The Balaban J connectivity index is 2.29. The lowest BCUT2D eigenvalue weighted by atomic mass is 10.1. The number of methoxy groups -OCH3 is 1. The van der Waals surface area contributed by atoms with E-state index < -0.39 is 5.97 Å². The van der Waals surface area contributed by atoms with Gasteiger partial charge < -0.3 is 15.2 Å². The molecule has 0 aromatic heterocycles. The molecule has 1 rings (SSSR count). The van der Waals surface area contributed by atoms with Crippen molar-refractivity contribution < 1.29 is 14.6 Å². The van der Waals surface area contributed by atoms with Crippen LogP contribution < -0.4 is 10.1 Å². The summed E-state index contributed by atoms with van der Waals surface area (Å²) in [5.41, 5.74) is 1.14. The van der Waals surface area contributed by atoms with Crippen molar-refractivity contribution in [3.63, 3.8) is 0 Å². The molecule has 0 fully saturated rings. The topological polar surface area (TPSA) is 58.6 Å². The van der Waals surface area contributed by atoms with Gasteiger partial charge in [-0.15, -0.1) is 0 Å². The van der Waals surface area contributed by atoms with Gasteiger partial charge in [0.25, 0.3) is 0 Å². The van der Waals surface area contributed by atoms with E-state index in [1.165, 1.54) is 0 Å². The SMILES string of the molecule is COc1ccccc1CCNC/C=C/C(=O)O. The van der Waals surface area contributed by atoms with Crippen molar-refractivity contribution >= 4 is 5.97 Å². The Morgan fingerprint density at radius 2 is 2.24 bits per heavy atom. The van der Waals surface area contributed by atoms with Gasteiger partial charge in [-0.2, -0.15) is 0 Å². The van der Waals surface area contributed by atoms with Crippen molar-refractivity contribution in [2.45, 2.75) is 6.42 Å². The predicted octanol–water partition coefficient (Wildman–Crippen LogP) is 1.47. The van der Waals surface area contributed by atoms with E-state index in [0.29, 0.717) is 6.54 Å². The fourth-order valence-electron chi connectivity index (χ4n) is 1.48. The Kier molecular flexibility index (Phi) is 5.82. The quantitative estimate of drug-likeness (QED) is 0.555. The lowest BCUT2D eigenvalue weighted by Gasteiger charge is -2.07. The summed E-state index contributed by atoms with van der Waals surface area (Å²) in [7, 11) is 1.65. The fraction of sp³-hybridized carbons (Fsp3) is 0.308. The first-order chi connectivity index (χ1) is 8.24. The maximum absolute atomic E-state index is 10.2. The van der Waals surface area contributed by atoms with E-state index in [4.69, 9.17) is 9.84 Å². The van der Waals surface area contributed by atoms with Crippen molar-refractivity contribution in [1.29, 1.82) is 0 Å². The summed E-state index contributed by atoms with van der Waals surface area (Å²) in [5.74, 6) is -0.0353. The number of hydrogen-bond donors (Lipinski definition) is 2. The molecule has 0 radical (unpaired) electrons. The second-order valence-electron chi connectivity index (χ2n) is 3.51. The van der Waals surface area contributed by atoms with Crippen LogP contribution in [0, 0.1) is 0 Å². The smallest absolute Gasteiger partial charge is 0.328 e. The second-order valence-corrected chi connectivity index (χ2v) is 3.51. The first-order valence-corrected chi connectivity index (χ1v) is 5.46. The minimum Gasteiger partial charge on any atom is -0.496 e. The Labute approximate surface area is 101 Å². The molecular formula is C13H17NO3. The normalized spacial score (nSPS) is 10.6. The first-order valence-electron chi connectivity index (χ1n) is 5.46. The number of carboxylic acid groups (broad SMARTS) is 1. The lowest BCUT2D eigenvalue weighted by Crippen LogP contribution is -2.17. The van der Waals surface area contributed by atoms with E-state index in [0.717, 1.165) is 30.4 Å². The number of para-hydroxylation sites is 1. The Morgan fingerprint density at radius 3 is 2.94 bits per heavy atom. The van der Waals surface area contributed by atoms with Crippen molar-refractivity contribution in [3.05, 3.63) is 42.0 Å². The van der Waals surface area contributed by atoms with Gasteiger partial charge in [-0.05, 0) is 24.6 Å². The maximum atomic E-state index is 10.2. The van der Waals surface area contributed by atoms with E-state index in [1.54, 1.807) is 13.2 Å². The molecule has 4 heteroatoms. The summed E-state index contributed by atoms with van der Waals surface area (Å²) >= 11 is 0. The molecule has 1 aromatic rings. The number of carboxylic acids is 1. The molecule has 2 N–H and O–H groups in total. The Hall–Kier alpha value is -1.81. The van der Waals surface area contributed by atoms with E-state index in [2.05, 4.69) is 5.32 Å². The van der Waals surface area contributed by atoms with E-state index >= 15 is 0 Å². The summed E-state index contributed by atoms with van der Waals surface area (Å²) in [6.45, 7) is 1.34. The highest BCUT2D eigenvalue weighted by atomic mass is 16.5. The van der Waals surface area contributed by atoms with Gasteiger partial charge >= 0.3 is 5.97 Å². The third kappa shape index (κ3) is 5.17. The molecule has 0 heterocycles. The van der Waals surface area contributed by atoms with Gasteiger partial charge in [0.1, 0.15) is 5.75 Å². The number of aliphatic carboxylic acids is 1. The molecule has 0 atom stereocenters. The van der Waals surface area contributed by atoms with Crippen LogP contribution in [0.15, 0.2) is 36.4 Å². The van der Waals surface area contributed by atoms with Crippen LogP contribution >= 0.6 is 0 Å². The van der Waals surface area contributed by atoms with Gasteiger partial charge in [-0.25, -0.2) is 4.79 Å². The monoisotopic (exact) mass is 235 g/mol. The molecule has 0 unspecified atom stereocenters. The summed E-state index contributed by atoms with van der Waals surface area (Å²) in [6.07, 6.45) is 3.57. The van der Waals surface area contributed by atoms with Gasteiger partial charge in [0.15, 0.2) is 0 Å². The molecule has 92 valence electrons. The highest BCUT2D eigenvalue weighted by molar-refractivity contribution is 5.79. The molecule has 0 aliphatic rings. The molecule has 0 aliphatic carbocycles. The second kappa shape index (κ2) is 7.46. The predicted molar refractivity (Wildman–Crippen MR) is 66.3 cm³/mol. The van der Waals surface area contributed by atoms with Crippen LogP contribution in [0.25, 0.3) is 0 Å². The molecular weight excluding hydrogens is 218 g/mol. The van der Waals surface area contributed by atoms with Gasteiger partial charge in [-0.1, -0.05) is 24.3 Å². The average molecular weight is 235 g/mol. The van der Waals surface area contributed by atoms with Crippen LogP contribution in [0.5, 0.6) is 5.75 Å². The number of benzene rings is 1. The van der Waals surface area contributed by atoms with Crippen molar-refractivity contribution in [2.24, 2.45) is 0 Å². The number of hydrogen-bond acceptors (Lipinski definition) is 3. The van der Waals surface area contributed by atoms with Crippen LogP contribution in [-0.4, -0.2) is 31.3 Å². The molecule has 0 aliphatic heterocycles. The fourth-order valence-corrected chi connectivity index (χ4v) is 1.48. The van der Waals surface area contributed by atoms with E-state index in [-0.39, 0.29) is 0 Å². The van der Waals surface area contributed by atoms with Gasteiger partial charge in [0.05, 0.1) is 7.11 Å². The zero-order chi connectivity index (χ0) is 12.5. The molecule has 0 saturated heterocycles. The third-order valence-electron chi connectivity index (χ3n) is 2.29. The number of rotatable bonds is 7. The molecule has 1 aromatic carbocycles. The number of carbonyl (C=O) groups is 1. The lowest BCUT2D eigenvalue weighted by molar-refractivity contribution is -0.131. The summed E-state index contributed by atoms with van der Waals surface area (Å²) in [4.78, 5) is 10.2. The first kappa shape index (κ1) is 13.3. The zero-order valence-electron chi connectivity index (χ0n) is 9.85. The molecule has 0 bridgehead atoms. The third-order valence-corrected chi connectivity index (χ3v) is 2.29.